The Hall–Kier alpha value is -2.04. The number of nitrogens with zero attached hydrogens (tertiary/aromatic N) is 2. The van der Waals surface area contributed by atoms with E-state index in [2.05, 4.69) is 0 Å². The normalized spacial score (nSPS) is 16.9. The third-order valence-corrected chi connectivity index (χ3v) is 3.90. The molecular weight excluding hydrogens is 280 g/mol. The van der Waals surface area contributed by atoms with Crippen molar-refractivity contribution >= 4 is 11.8 Å². The first kappa shape index (κ1) is 16.3. The van der Waals surface area contributed by atoms with Crippen LogP contribution in [0.4, 0.5) is 0 Å². The van der Waals surface area contributed by atoms with Crippen LogP contribution in [0.5, 0.6) is 5.75 Å². The smallest absolute Gasteiger partial charge is 0.263 e. The van der Waals surface area contributed by atoms with Gasteiger partial charge in [-0.2, -0.15) is 0 Å². The molecule has 0 aliphatic carbocycles. The van der Waals surface area contributed by atoms with Crippen LogP contribution in [0, 0.1) is 6.92 Å². The molecule has 120 valence electrons. The molecular formula is C17H24N2O3. The molecule has 2 rings (SSSR count). The Labute approximate surface area is 131 Å². The number of hydrogen-bond donors (Lipinski definition) is 0. The van der Waals surface area contributed by atoms with Crippen LogP contribution in [-0.2, 0) is 9.59 Å². The molecule has 2 amide bonds. The quantitative estimate of drug-likeness (QED) is 0.856. The minimum atomic E-state index is -0.523. The van der Waals surface area contributed by atoms with Gasteiger partial charge in [-0.15, -0.1) is 0 Å². The van der Waals surface area contributed by atoms with Crippen LogP contribution >= 0.6 is 0 Å². The molecule has 1 aromatic carbocycles. The lowest BCUT2D eigenvalue weighted by atomic mass is 10.2. The fraction of sp³-hybridized carbons (Fsp3) is 0.529. The fourth-order valence-corrected chi connectivity index (χ4v) is 2.65. The summed E-state index contributed by atoms with van der Waals surface area (Å²) in [6, 6.07) is 7.68. The van der Waals surface area contributed by atoms with Crippen molar-refractivity contribution in [2.45, 2.75) is 33.3 Å². The highest BCUT2D eigenvalue weighted by Gasteiger charge is 2.25. The monoisotopic (exact) mass is 304 g/mol. The minimum absolute atomic E-state index is 0.0214. The summed E-state index contributed by atoms with van der Waals surface area (Å²) in [5.41, 5.74) is 1.10. The zero-order valence-electron chi connectivity index (χ0n) is 13.5. The zero-order chi connectivity index (χ0) is 16.1. The third-order valence-electron chi connectivity index (χ3n) is 3.90. The molecule has 5 nitrogen and oxygen atoms in total. The third kappa shape index (κ3) is 4.23. The standard InChI is InChI=1S/C17H24N2O3/c1-13-6-4-7-16(12-13)22-14(2)17(21)19-9-5-8-18(10-11-19)15(3)20/h4,6-7,12,14H,5,8-11H2,1-3H3. The predicted molar refractivity (Wildman–Crippen MR) is 84.7 cm³/mol. The van der Waals surface area contributed by atoms with Gasteiger partial charge >= 0.3 is 0 Å². The summed E-state index contributed by atoms with van der Waals surface area (Å²) in [6.45, 7) is 7.89. The van der Waals surface area contributed by atoms with Crippen molar-refractivity contribution in [1.29, 1.82) is 0 Å². The van der Waals surface area contributed by atoms with E-state index in [4.69, 9.17) is 4.74 Å². The van der Waals surface area contributed by atoms with Crippen LogP contribution in [0.25, 0.3) is 0 Å². The first-order valence-electron chi connectivity index (χ1n) is 7.75. The van der Waals surface area contributed by atoms with E-state index >= 15 is 0 Å². The lowest BCUT2D eigenvalue weighted by Crippen LogP contribution is -2.42. The summed E-state index contributed by atoms with van der Waals surface area (Å²) in [6.07, 6.45) is 0.286. The largest absolute Gasteiger partial charge is 0.481 e. The molecule has 22 heavy (non-hydrogen) atoms. The molecule has 5 heteroatoms. The maximum Gasteiger partial charge on any atom is 0.263 e. The summed E-state index contributed by atoms with van der Waals surface area (Å²) in [4.78, 5) is 27.5. The Bertz CT molecular complexity index is 544. The molecule has 1 saturated heterocycles. The first-order valence-corrected chi connectivity index (χ1v) is 7.75. The van der Waals surface area contributed by atoms with Crippen molar-refractivity contribution in [2.24, 2.45) is 0 Å². The Balaban J connectivity index is 1.94. The van der Waals surface area contributed by atoms with Crippen molar-refractivity contribution in [3.63, 3.8) is 0 Å². The maximum absolute atomic E-state index is 12.5. The van der Waals surface area contributed by atoms with E-state index in [9.17, 15) is 9.59 Å². The Morgan fingerprint density at radius 3 is 2.50 bits per heavy atom. The SMILES string of the molecule is CC(=O)N1CCCN(C(=O)C(C)Oc2cccc(C)c2)CC1. The lowest BCUT2D eigenvalue weighted by Gasteiger charge is -2.25. The van der Waals surface area contributed by atoms with Gasteiger partial charge in [0.15, 0.2) is 6.10 Å². The predicted octanol–water partition coefficient (Wildman–Crippen LogP) is 1.84. The van der Waals surface area contributed by atoms with Crippen molar-refractivity contribution < 1.29 is 14.3 Å². The first-order chi connectivity index (χ1) is 10.5. The molecule has 0 bridgehead atoms. The number of rotatable bonds is 3. The molecule has 0 aromatic heterocycles. The van der Waals surface area contributed by atoms with E-state index in [0.29, 0.717) is 31.9 Å². The molecule has 0 spiro atoms. The van der Waals surface area contributed by atoms with Gasteiger partial charge in [-0.3, -0.25) is 9.59 Å². The van der Waals surface area contributed by atoms with E-state index in [-0.39, 0.29) is 11.8 Å². The van der Waals surface area contributed by atoms with E-state index in [1.807, 2.05) is 31.2 Å². The molecule has 0 saturated carbocycles. The zero-order valence-corrected chi connectivity index (χ0v) is 13.5. The van der Waals surface area contributed by atoms with Crippen molar-refractivity contribution in [3.05, 3.63) is 29.8 Å². The van der Waals surface area contributed by atoms with Gasteiger partial charge in [0.25, 0.3) is 5.91 Å². The average molecular weight is 304 g/mol. The van der Waals surface area contributed by atoms with Crippen molar-refractivity contribution in [1.82, 2.24) is 9.80 Å². The number of amides is 2. The highest BCUT2D eigenvalue weighted by Crippen LogP contribution is 2.15. The van der Waals surface area contributed by atoms with Crippen LogP contribution in [0.1, 0.15) is 25.8 Å². The topological polar surface area (TPSA) is 49.9 Å². The summed E-state index contributed by atoms with van der Waals surface area (Å²) >= 11 is 0. The summed E-state index contributed by atoms with van der Waals surface area (Å²) < 4.78 is 5.75. The Morgan fingerprint density at radius 1 is 1.14 bits per heavy atom. The molecule has 1 atom stereocenters. The second-order valence-corrected chi connectivity index (χ2v) is 5.76. The lowest BCUT2D eigenvalue weighted by molar-refractivity contribution is -0.138. The number of aryl methyl sites for hydroxylation is 1. The van der Waals surface area contributed by atoms with Crippen LogP contribution in [0.2, 0.25) is 0 Å². The van der Waals surface area contributed by atoms with E-state index in [1.165, 1.54) is 0 Å². The second-order valence-electron chi connectivity index (χ2n) is 5.76. The van der Waals surface area contributed by atoms with Gasteiger partial charge in [-0.05, 0) is 38.0 Å². The molecule has 1 fully saturated rings. The molecule has 0 N–H and O–H groups in total. The van der Waals surface area contributed by atoms with Gasteiger partial charge in [0.05, 0.1) is 0 Å². The van der Waals surface area contributed by atoms with Gasteiger partial charge in [0.1, 0.15) is 5.75 Å². The highest BCUT2D eigenvalue weighted by molar-refractivity contribution is 5.81. The van der Waals surface area contributed by atoms with Gasteiger partial charge in [0.2, 0.25) is 5.91 Å². The van der Waals surface area contributed by atoms with Gasteiger partial charge < -0.3 is 14.5 Å². The Kier molecular flexibility index (Phi) is 5.41. The molecule has 1 unspecified atom stereocenters. The van der Waals surface area contributed by atoms with Crippen molar-refractivity contribution in [3.8, 4) is 5.75 Å². The molecule has 1 aliphatic heterocycles. The summed E-state index contributed by atoms with van der Waals surface area (Å²) in [7, 11) is 0. The van der Waals surface area contributed by atoms with Crippen LogP contribution in [0.3, 0.4) is 0 Å². The van der Waals surface area contributed by atoms with Gasteiger partial charge in [-0.1, -0.05) is 12.1 Å². The van der Waals surface area contributed by atoms with E-state index < -0.39 is 6.10 Å². The number of carbonyl (C=O) groups excluding carboxylic acids is 2. The van der Waals surface area contributed by atoms with Crippen LogP contribution in [-0.4, -0.2) is 53.9 Å². The van der Waals surface area contributed by atoms with E-state index in [1.54, 1.807) is 23.6 Å². The Morgan fingerprint density at radius 2 is 1.82 bits per heavy atom. The summed E-state index contributed by atoms with van der Waals surface area (Å²) in [5.74, 6) is 0.756. The molecule has 1 heterocycles. The second kappa shape index (κ2) is 7.29. The molecule has 0 radical (unpaired) electrons. The summed E-state index contributed by atoms with van der Waals surface area (Å²) in [5, 5.41) is 0. The maximum atomic E-state index is 12.5. The van der Waals surface area contributed by atoms with Gasteiger partial charge in [-0.25, -0.2) is 0 Å². The number of benzene rings is 1. The average Bonchev–Trinajstić information content (AvgIpc) is 2.72. The van der Waals surface area contributed by atoms with Crippen LogP contribution in [0.15, 0.2) is 24.3 Å². The molecule has 1 aliphatic rings. The van der Waals surface area contributed by atoms with E-state index in [0.717, 1.165) is 12.0 Å². The number of carbonyl (C=O) groups is 2. The minimum Gasteiger partial charge on any atom is -0.481 e. The van der Waals surface area contributed by atoms with Crippen LogP contribution < -0.4 is 4.74 Å². The van der Waals surface area contributed by atoms with Gasteiger partial charge in [0, 0.05) is 33.1 Å². The number of ether oxygens (including phenoxy) is 1. The number of hydrogen-bond acceptors (Lipinski definition) is 3. The van der Waals surface area contributed by atoms with Crippen molar-refractivity contribution in [2.75, 3.05) is 26.2 Å². The fourth-order valence-electron chi connectivity index (χ4n) is 2.65. The highest BCUT2D eigenvalue weighted by atomic mass is 16.5. The molecule has 1 aromatic rings.